The molecule has 0 aromatic heterocycles. The Morgan fingerprint density at radius 3 is 3.08 bits per heavy atom. The topological polar surface area (TPSA) is 44.8 Å². The fourth-order valence-electron chi connectivity index (χ4n) is 3.93. The third-order valence-corrected chi connectivity index (χ3v) is 5.29. The van der Waals surface area contributed by atoms with Gasteiger partial charge in [0.25, 0.3) is 0 Å². The second-order valence-corrected chi connectivity index (χ2v) is 7.59. The first kappa shape index (κ1) is 19.1. The summed E-state index contributed by atoms with van der Waals surface area (Å²) in [6.45, 7) is 2.78. The van der Waals surface area contributed by atoms with E-state index in [2.05, 4.69) is 24.3 Å². The Morgan fingerprint density at radius 2 is 2.27 bits per heavy atom. The van der Waals surface area contributed by atoms with Crippen LogP contribution >= 0.6 is 0 Å². The molecule has 2 amide bonds. The maximum Gasteiger partial charge on any atom is 0.318 e. The van der Waals surface area contributed by atoms with Gasteiger partial charge in [0.2, 0.25) is 0 Å². The molecule has 0 bridgehead atoms. The summed E-state index contributed by atoms with van der Waals surface area (Å²) in [5, 5.41) is 3.06. The molecule has 1 aliphatic heterocycles. The monoisotopic (exact) mass is 363 g/mol. The van der Waals surface area contributed by atoms with E-state index in [1.807, 2.05) is 11.0 Å². The normalized spacial score (nSPS) is 23.0. The molecule has 1 aliphatic carbocycles. The Kier molecular flexibility index (Phi) is 6.48. The van der Waals surface area contributed by atoms with Crippen molar-refractivity contribution in [3.8, 4) is 0 Å². The van der Waals surface area contributed by atoms with Gasteiger partial charge in [-0.15, -0.1) is 0 Å². The number of hydrogen-bond acceptors (Lipinski definition) is 3. The minimum Gasteiger partial charge on any atom is -0.375 e. The van der Waals surface area contributed by atoms with Crippen LogP contribution in [0, 0.1) is 5.82 Å². The summed E-state index contributed by atoms with van der Waals surface area (Å²) in [4.78, 5) is 16.7. The third kappa shape index (κ3) is 4.74. The van der Waals surface area contributed by atoms with Crippen molar-refractivity contribution in [3.63, 3.8) is 0 Å². The van der Waals surface area contributed by atoms with Crippen LogP contribution in [-0.4, -0.2) is 62.3 Å². The average Bonchev–Trinajstić information content (AvgIpc) is 2.62. The van der Waals surface area contributed by atoms with Crippen LogP contribution in [0.3, 0.4) is 0 Å². The molecule has 6 heteroatoms. The lowest BCUT2D eigenvalue weighted by Crippen LogP contribution is -2.50. The number of morpholine rings is 1. The zero-order valence-electron chi connectivity index (χ0n) is 15.8. The van der Waals surface area contributed by atoms with E-state index in [1.165, 1.54) is 6.07 Å². The highest BCUT2D eigenvalue weighted by Crippen LogP contribution is 2.31. The Morgan fingerprint density at radius 1 is 1.42 bits per heavy atom. The standard InChI is InChI=1S/C20H30FN3O2/c1-23(2)11-5-8-16-14-24(12-13-26-16)20(25)22-18-10-4-7-15-6-3-9-17(21)19(15)18/h3,6,9,16,18H,4-5,7-8,10-14H2,1-2H3,(H,22,25). The minimum atomic E-state index is -0.234. The van der Waals surface area contributed by atoms with Gasteiger partial charge >= 0.3 is 6.03 Å². The quantitative estimate of drug-likeness (QED) is 0.875. The van der Waals surface area contributed by atoms with Gasteiger partial charge in [0.05, 0.1) is 18.8 Å². The molecule has 0 saturated carbocycles. The molecule has 1 aromatic rings. The van der Waals surface area contributed by atoms with Gasteiger partial charge in [0, 0.05) is 18.7 Å². The summed E-state index contributed by atoms with van der Waals surface area (Å²) >= 11 is 0. The van der Waals surface area contributed by atoms with Gasteiger partial charge in [-0.3, -0.25) is 0 Å². The molecule has 1 N–H and O–H groups in total. The van der Waals surface area contributed by atoms with Crippen molar-refractivity contribution in [1.29, 1.82) is 0 Å². The van der Waals surface area contributed by atoms with Gasteiger partial charge in [-0.2, -0.15) is 0 Å². The predicted octanol–water partition coefficient (Wildman–Crippen LogP) is 2.96. The number of benzene rings is 1. The van der Waals surface area contributed by atoms with Crippen LogP contribution in [-0.2, 0) is 11.2 Å². The lowest BCUT2D eigenvalue weighted by atomic mass is 9.87. The number of urea groups is 1. The van der Waals surface area contributed by atoms with Crippen molar-refractivity contribution in [2.24, 2.45) is 0 Å². The van der Waals surface area contributed by atoms with Crippen molar-refractivity contribution in [3.05, 3.63) is 35.1 Å². The smallest absolute Gasteiger partial charge is 0.318 e. The first-order valence-corrected chi connectivity index (χ1v) is 9.63. The SMILES string of the molecule is CN(C)CCCC1CN(C(=O)NC2CCCc3cccc(F)c32)CCO1. The molecule has 1 aromatic carbocycles. The van der Waals surface area contributed by atoms with Crippen LogP contribution in [0.5, 0.6) is 0 Å². The number of amides is 2. The second-order valence-electron chi connectivity index (χ2n) is 7.59. The first-order chi connectivity index (χ1) is 12.5. The Balaban J connectivity index is 1.57. The maximum absolute atomic E-state index is 14.3. The van der Waals surface area contributed by atoms with Gasteiger partial charge in [0.1, 0.15) is 5.82 Å². The van der Waals surface area contributed by atoms with Crippen molar-refractivity contribution in [2.45, 2.75) is 44.2 Å². The van der Waals surface area contributed by atoms with Crippen LogP contribution < -0.4 is 5.32 Å². The Bertz CT molecular complexity index is 623. The number of rotatable bonds is 5. The van der Waals surface area contributed by atoms with Crippen LogP contribution in [0.2, 0.25) is 0 Å². The molecule has 0 radical (unpaired) electrons. The number of hydrogen-bond donors (Lipinski definition) is 1. The zero-order valence-corrected chi connectivity index (χ0v) is 15.8. The molecule has 1 saturated heterocycles. The van der Waals surface area contributed by atoms with E-state index in [1.54, 1.807) is 6.07 Å². The summed E-state index contributed by atoms with van der Waals surface area (Å²) in [6, 6.07) is 4.86. The van der Waals surface area contributed by atoms with E-state index in [-0.39, 0.29) is 24.0 Å². The number of nitrogens with zero attached hydrogens (tertiary/aromatic N) is 2. The second kappa shape index (κ2) is 8.82. The van der Waals surface area contributed by atoms with Gasteiger partial charge in [-0.25, -0.2) is 9.18 Å². The number of halogens is 1. The molecule has 1 fully saturated rings. The van der Waals surface area contributed by atoms with Gasteiger partial charge in [0.15, 0.2) is 0 Å². The minimum absolute atomic E-state index is 0.0878. The summed E-state index contributed by atoms with van der Waals surface area (Å²) in [6.07, 6.45) is 4.72. The fraction of sp³-hybridized carbons (Fsp3) is 0.650. The van der Waals surface area contributed by atoms with E-state index in [0.717, 1.165) is 44.2 Å². The molecule has 2 atom stereocenters. The number of ether oxygens (including phenoxy) is 1. The van der Waals surface area contributed by atoms with Crippen molar-refractivity contribution in [1.82, 2.24) is 15.1 Å². The third-order valence-electron chi connectivity index (χ3n) is 5.29. The van der Waals surface area contributed by atoms with Gasteiger partial charge < -0.3 is 19.9 Å². The Labute approximate surface area is 155 Å². The van der Waals surface area contributed by atoms with Crippen LogP contribution in [0.4, 0.5) is 9.18 Å². The molecular weight excluding hydrogens is 333 g/mol. The maximum atomic E-state index is 14.3. The number of nitrogens with one attached hydrogen (secondary N) is 1. The summed E-state index contributed by atoms with van der Waals surface area (Å²) < 4.78 is 20.1. The lowest BCUT2D eigenvalue weighted by Gasteiger charge is -2.35. The molecule has 5 nitrogen and oxygen atoms in total. The number of aryl methyl sites for hydroxylation is 1. The fourth-order valence-corrected chi connectivity index (χ4v) is 3.93. The van der Waals surface area contributed by atoms with Crippen molar-refractivity contribution >= 4 is 6.03 Å². The van der Waals surface area contributed by atoms with Crippen LogP contribution in [0.25, 0.3) is 0 Å². The van der Waals surface area contributed by atoms with Crippen molar-refractivity contribution in [2.75, 3.05) is 40.3 Å². The van der Waals surface area contributed by atoms with E-state index >= 15 is 0 Å². The summed E-state index contributed by atoms with van der Waals surface area (Å²) in [5.74, 6) is -0.212. The summed E-state index contributed by atoms with van der Waals surface area (Å²) in [7, 11) is 4.12. The zero-order chi connectivity index (χ0) is 18.5. The van der Waals surface area contributed by atoms with Crippen LogP contribution in [0.15, 0.2) is 18.2 Å². The molecule has 2 aliphatic rings. The predicted molar refractivity (Wildman–Crippen MR) is 99.7 cm³/mol. The molecular formula is C20H30FN3O2. The molecule has 26 heavy (non-hydrogen) atoms. The van der Waals surface area contributed by atoms with E-state index in [4.69, 9.17) is 4.74 Å². The Hall–Kier alpha value is -1.66. The van der Waals surface area contributed by atoms with E-state index < -0.39 is 0 Å². The molecule has 3 rings (SSSR count). The van der Waals surface area contributed by atoms with Crippen LogP contribution in [0.1, 0.15) is 42.9 Å². The number of carbonyl (C=O) groups is 1. The van der Waals surface area contributed by atoms with Gasteiger partial charge in [-0.1, -0.05) is 12.1 Å². The van der Waals surface area contributed by atoms with E-state index in [0.29, 0.717) is 25.3 Å². The van der Waals surface area contributed by atoms with Gasteiger partial charge in [-0.05, 0) is 64.4 Å². The first-order valence-electron chi connectivity index (χ1n) is 9.63. The largest absolute Gasteiger partial charge is 0.375 e. The van der Waals surface area contributed by atoms with E-state index in [9.17, 15) is 9.18 Å². The molecule has 144 valence electrons. The molecule has 0 spiro atoms. The molecule has 2 unspecified atom stereocenters. The highest BCUT2D eigenvalue weighted by Gasteiger charge is 2.29. The van der Waals surface area contributed by atoms with Crippen molar-refractivity contribution < 1.29 is 13.9 Å². The highest BCUT2D eigenvalue weighted by atomic mass is 19.1. The number of carbonyl (C=O) groups excluding carboxylic acids is 1. The lowest BCUT2D eigenvalue weighted by molar-refractivity contribution is -0.0197. The number of fused-ring (bicyclic) bond motifs is 1. The summed E-state index contributed by atoms with van der Waals surface area (Å²) in [5.41, 5.74) is 1.69. The molecule has 1 heterocycles. The average molecular weight is 363 g/mol. The highest BCUT2D eigenvalue weighted by molar-refractivity contribution is 5.75.